The fraction of sp³-hybridized carbons (Fsp3) is 0.222. The number of aromatic nitrogens is 3. The normalized spacial score (nSPS) is 14.1. The number of carbonyl (C=O) groups is 1. The lowest BCUT2D eigenvalue weighted by molar-refractivity contribution is 0.0991. The van der Waals surface area contributed by atoms with Gasteiger partial charge in [0, 0.05) is 32.5 Å². The number of benzene rings is 1. The third kappa shape index (κ3) is 2.98. The van der Waals surface area contributed by atoms with Gasteiger partial charge in [-0.1, -0.05) is 12.1 Å². The summed E-state index contributed by atoms with van der Waals surface area (Å²) in [6.45, 7) is 1.61. The largest absolute Gasteiger partial charge is 0.373 e. The molecule has 1 aromatic carbocycles. The molecule has 0 aliphatic carbocycles. The number of fused-ring (bicyclic) bond motifs is 1. The van der Waals surface area contributed by atoms with Gasteiger partial charge in [-0.3, -0.25) is 4.79 Å². The van der Waals surface area contributed by atoms with E-state index in [2.05, 4.69) is 33.0 Å². The van der Waals surface area contributed by atoms with Crippen LogP contribution in [0.4, 0.5) is 11.4 Å². The van der Waals surface area contributed by atoms with E-state index >= 15 is 0 Å². The Hall–Kier alpha value is -2.80. The minimum Gasteiger partial charge on any atom is -0.373 e. The van der Waals surface area contributed by atoms with E-state index in [9.17, 15) is 4.79 Å². The molecule has 0 fully saturated rings. The van der Waals surface area contributed by atoms with E-state index in [1.165, 1.54) is 11.3 Å². The van der Waals surface area contributed by atoms with Crippen LogP contribution in [-0.4, -0.2) is 41.0 Å². The third-order valence-corrected chi connectivity index (χ3v) is 5.16. The molecule has 7 heteroatoms. The molecule has 0 saturated heterocycles. The van der Waals surface area contributed by atoms with Crippen molar-refractivity contribution in [1.29, 1.82) is 0 Å². The van der Waals surface area contributed by atoms with Gasteiger partial charge in [0.05, 0.1) is 17.6 Å². The molecule has 1 amide bonds. The van der Waals surface area contributed by atoms with E-state index in [-0.39, 0.29) is 5.91 Å². The van der Waals surface area contributed by atoms with E-state index < -0.39 is 0 Å². The molecule has 1 aliphatic rings. The number of para-hydroxylation sites is 2. The summed E-state index contributed by atoms with van der Waals surface area (Å²) >= 11 is 1.33. The molecule has 0 spiro atoms. The Morgan fingerprint density at radius 2 is 1.80 bits per heavy atom. The number of rotatable bonds is 2. The van der Waals surface area contributed by atoms with Crippen LogP contribution in [0.5, 0.6) is 0 Å². The van der Waals surface area contributed by atoms with Crippen LogP contribution < -0.4 is 9.80 Å². The quantitative estimate of drug-likeness (QED) is 0.710. The van der Waals surface area contributed by atoms with Crippen molar-refractivity contribution in [3.8, 4) is 10.8 Å². The summed E-state index contributed by atoms with van der Waals surface area (Å²) in [5, 5.41) is 0.657. The summed E-state index contributed by atoms with van der Waals surface area (Å²) in [7, 11) is 2.06. The lowest BCUT2D eigenvalue weighted by Gasteiger charge is -2.23. The topological polar surface area (TPSA) is 62.2 Å². The fourth-order valence-corrected chi connectivity index (χ4v) is 3.77. The molecule has 3 heterocycles. The zero-order valence-electron chi connectivity index (χ0n) is 13.8. The van der Waals surface area contributed by atoms with Gasteiger partial charge in [-0.15, -0.1) is 11.3 Å². The molecule has 1 aliphatic heterocycles. The van der Waals surface area contributed by atoms with Crippen molar-refractivity contribution in [2.24, 2.45) is 0 Å². The highest BCUT2D eigenvalue weighted by Crippen LogP contribution is 2.33. The number of thiazole rings is 1. The van der Waals surface area contributed by atoms with Crippen molar-refractivity contribution < 1.29 is 4.79 Å². The summed E-state index contributed by atoms with van der Waals surface area (Å²) < 4.78 is 0. The Morgan fingerprint density at radius 1 is 1.04 bits per heavy atom. The SMILES string of the molecule is CN1CCCN(C(=O)c2cnc(-c3ncccn3)s2)c2ccccc21. The molecular formula is C18H17N5OS. The maximum atomic E-state index is 13.1. The molecule has 0 bridgehead atoms. The van der Waals surface area contributed by atoms with Crippen molar-refractivity contribution in [2.45, 2.75) is 6.42 Å². The molecule has 4 rings (SSSR count). The minimum atomic E-state index is -0.0255. The van der Waals surface area contributed by atoms with Crippen molar-refractivity contribution >= 4 is 28.6 Å². The highest BCUT2D eigenvalue weighted by Gasteiger charge is 2.25. The van der Waals surface area contributed by atoms with Crippen molar-refractivity contribution in [1.82, 2.24) is 15.0 Å². The molecule has 2 aromatic heterocycles. The summed E-state index contributed by atoms with van der Waals surface area (Å²) in [5.41, 5.74) is 2.02. The van der Waals surface area contributed by atoms with E-state index in [1.54, 1.807) is 24.7 Å². The Bertz CT molecular complexity index is 895. The van der Waals surface area contributed by atoms with Crippen LogP contribution in [0.3, 0.4) is 0 Å². The van der Waals surface area contributed by atoms with E-state index in [0.29, 0.717) is 22.3 Å². The maximum absolute atomic E-state index is 13.1. The first-order valence-corrected chi connectivity index (χ1v) is 8.91. The monoisotopic (exact) mass is 351 g/mol. The maximum Gasteiger partial charge on any atom is 0.270 e. The lowest BCUT2D eigenvalue weighted by atomic mass is 10.2. The predicted molar refractivity (Wildman–Crippen MR) is 99.1 cm³/mol. The van der Waals surface area contributed by atoms with Crippen molar-refractivity contribution in [3.63, 3.8) is 0 Å². The zero-order valence-corrected chi connectivity index (χ0v) is 14.6. The van der Waals surface area contributed by atoms with Gasteiger partial charge >= 0.3 is 0 Å². The summed E-state index contributed by atoms with van der Waals surface area (Å²) in [4.78, 5) is 30.5. The zero-order chi connectivity index (χ0) is 17.2. The molecule has 0 N–H and O–H groups in total. The molecule has 6 nitrogen and oxygen atoms in total. The molecule has 0 unspecified atom stereocenters. The summed E-state index contributed by atoms with van der Waals surface area (Å²) in [6.07, 6.45) is 5.89. The Labute approximate surface area is 149 Å². The fourth-order valence-electron chi connectivity index (χ4n) is 2.95. The van der Waals surface area contributed by atoms with Crippen molar-refractivity contribution in [3.05, 3.63) is 53.8 Å². The number of carbonyl (C=O) groups excluding carboxylic acids is 1. The minimum absolute atomic E-state index is 0.0255. The summed E-state index contributed by atoms with van der Waals surface area (Å²) in [5.74, 6) is 0.519. The van der Waals surface area contributed by atoms with Crippen molar-refractivity contribution in [2.75, 3.05) is 29.9 Å². The second-order valence-corrected chi connectivity index (χ2v) is 6.85. The van der Waals surface area contributed by atoms with E-state index in [4.69, 9.17) is 0 Å². The molecule has 3 aromatic rings. The molecule has 0 radical (unpaired) electrons. The second kappa shape index (κ2) is 6.60. The first-order valence-electron chi connectivity index (χ1n) is 8.09. The smallest absolute Gasteiger partial charge is 0.270 e. The van der Waals surface area contributed by atoms with Gasteiger partial charge in [-0.2, -0.15) is 0 Å². The average molecular weight is 351 g/mol. The van der Waals surface area contributed by atoms with Crippen LogP contribution in [0.25, 0.3) is 10.8 Å². The molecule has 0 atom stereocenters. The molecule has 126 valence electrons. The number of amides is 1. The van der Waals surface area contributed by atoms with Crippen LogP contribution in [0.1, 0.15) is 16.1 Å². The predicted octanol–water partition coefficient (Wildman–Crippen LogP) is 3.09. The number of nitrogens with zero attached hydrogens (tertiary/aromatic N) is 5. The lowest BCUT2D eigenvalue weighted by Crippen LogP contribution is -2.30. The van der Waals surface area contributed by atoms with Crippen LogP contribution in [-0.2, 0) is 0 Å². The Kier molecular flexibility index (Phi) is 4.15. The number of hydrogen-bond donors (Lipinski definition) is 0. The highest BCUT2D eigenvalue weighted by molar-refractivity contribution is 7.16. The van der Waals surface area contributed by atoms with Gasteiger partial charge in [0.15, 0.2) is 10.8 Å². The van der Waals surface area contributed by atoms with Crippen LogP contribution >= 0.6 is 11.3 Å². The van der Waals surface area contributed by atoms with Gasteiger partial charge in [0.25, 0.3) is 5.91 Å². The van der Waals surface area contributed by atoms with Crippen LogP contribution in [0.2, 0.25) is 0 Å². The summed E-state index contributed by atoms with van der Waals surface area (Å²) in [6, 6.07) is 9.77. The van der Waals surface area contributed by atoms with E-state index in [1.807, 2.05) is 23.1 Å². The molecular weight excluding hydrogens is 334 g/mol. The number of hydrogen-bond acceptors (Lipinski definition) is 6. The third-order valence-electron chi connectivity index (χ3n) is 4.18. The molecule has 0 saturated carbocycles. The van der Waals surface area contributed by atoms with Gasteiger partial charge in [-0.05, 0) is 24.6 Å². The standard InChI is InChI=1S/C18H17N5OS/c1-22-10-5-11-23(14-7-3-2-6-13(14)22)18(24)15-12-21-17(25-15)16-19-8-4-9-20-16/h2-4,6-9,12H,5,10-11H2,1H3. The van der Waals surface area contributed by atoms with Gasteiger partial charge in [0.2, 0.25) is 0 Å². The molecule has 25 heavy (non-hydrogen) atoms. The average Bonchev–Trinajstić information content (AvgIpc) is 3.09. The highest BCUT2D eigenvalue weighted by atomic mass is 32.1. The second-order valence-electron chi connectivity index (χ2n) is 5.82. The van der Waals surface area contributed by atoms with Crippen LogP contribution in [0.15, 0.2) is 48.9 Å². The van der Waals surface area contributed by atoms with Gasteiger partial charge in [0.1, 0.15) is 4.88 Å². The van der Waals surface area contributed by atoms with Crippen LogP contribution in [0, 0.1) is 0 Å². The first kappa shape index (κ1) is 15.7. The Morgan fingerprint density at radius 3 is 2.60 bits per heavy atom. The Balaban J connectivity index is 1.67. The number of anilines is 2. The van der Waals surface area contributed by atoms with Gasteiger partial charge in [-0.25, -0.2) is 15.0 Å². The first-order chi connectivity index (χ1) is 12.2. The van der Waals surface area contributed by atoms with Gasteiger partial charge < -0.3 is 9.80 Å². The van der Waals surface area contributed by atoms with E-state index in [0.717, 1.165) is 24.3 Å².